The number of nitrogens with zero attached hydrogens (tertiary/aromatic N) is 1. The van der Waals surface area contributed by atoms with Gasteiger partial charge in [0.25, 0.3) is 0 Å². The average molecular weight is 312 g/mol. The van der Waals surface area contributed by atoms with E-state index in [1.807, 2.05) is 37.3 Å². The molecule has 0 amide bonds. The van der Waals surface area contributed by atoms with Gasteiger partial charge in [-0.15, -0.1) is 0 Å². The molecule has 0 aliphatic carbocycles. The summed E-state index contributed by atoms with van der Waals surface area (Å²) in [5, 5.41) is 0. The number of allylic oxidation sites excluding steroid dienone is 1. The molecular formula is C18H17FN2O2. The van der Waals surface area contributed by atoms with Gasteiger partial charge >= 0.3 is 0 Å². The van der Waals surface area contributed by atoms with E-state index in [9.17, 15) is 4.39 Å². The molecule has 1 aromatic heterocycles. The van der Waals surface area contributed by atoms with E-state index in [2.05, 4.69) is 9.97 Å². The molecule has 5 heteroatoms. The van der Waals surface area contributed by atoms with Crippen molar-refractivity contribution >= 4 is 17.1 Å². The molecule has 0 fully saturated rings. The van der Waals surface area contributed by atoms with Gasteiger partial charge in [-0.3, -0.25) is 0 Å². The Morgan fingerprint density at radius 2 is 2.04 bits per heavy atom. The number of halogens is 1. The monoisotopic (exact) mass is 312 g/mol. The van der Waals surface area contributed by atoms with Gasteiger partial charge in [0.1, 0.15) is 18.2 Å². The van der Waals surface area contributed by atoms with E-state index in [0.717, 1.165) is 5.56 Å². The molecule has 3 aromatic rings. The molecule has 1 heterocycles. The molecule has 0 atom stereocenters. The van der Waals surface area contributed by atoms with Gasteiger partial charge in [0, 0.05) is 0 Å². The SMILES string of the molecule is C/C=C/c1ccc(OCc2nc3ccc(F)cc3[nH]2)c(OC)c1. The van der Waals surface area contributed by atoms with E-state index in [-0.39, 0.29) is 12.4 Å². The van der Waals surface area contributed by atoms with E-state index in [1.165, 1.54) is 12.1 Å². The number of nitrogens with one attached hydrogen (secondary N) is 1. The summed E-state index contributed by atoms with van der Waals surface area (Å²) >= 11 is 0. The molecule has 2 aromatic carbocycles. The summed E-state index contributed by atoms with van der Waals surface area (Å²) in [5.41, 5.74) is 2.40. The van der Waals surface area contributed by atoms with E-state index in [4.69, 9.17) is 9.47 Å². The summed E-state index contributed by atoms with van der Waals surface area (Å²) in [7, 11) is 1.60. The number of fused-ring (bicyclic) bond motifs is 1. The lowest BCUT2D eigenvalue weighted by molar-refractivity contribution is 0.277. The molecule has 4 nitrogen and oxygen atoms in total. The molecule has 0 bridgehead atoms. The van der Waals surface area contributed by atoms with Gasteiger partial charge < -0.3 is 14.5 Å². The molecule has 23 heavy (non-hydrogen) atoms. The zero-order valence-electron chi connectivity index (χ0n) is 13.0. The summed E-state index contributed by atoms with van der Waals surface area (Å²) in [5.74, 6) is 1.62. The first kappa shape index (κ1) is 15.1. The summed E-state index contributed by atoms with van der Waals surface area (Å²) < 4.78 is 24.3. The van der Waals surface area contributed by atoms with E-state index >= 15 is 0 Å². The van der Waals surface area contributed by atoms with Crippen LogP contribution in [0.5, 0.6) is 11.5 Å². The maximum absolute atomic E-state index is 13.2. The molecule has 0 spiro atoms. The van der Waals surface area contributed by atoms with Gasteiger partial charge in [-0.1, -0.05) is 18.2 Å². The molecule has 0 saturated heterocycles. The lowest BCUT2D eigenvalue weighted by Crippen LogP contribution is -1.99. The number of rotatable bonds is 5. The summed E-state index contributed by atoms with van der Waals surface area (Å²) in [4.78, 5) is 7.42. The van der Waals surface area contributed by atoms with Crippen LogP contribution in [-0.2, 0) is 6.61 Å². The topological polar surface area (TPSA) is 47.1 Å². The first-order chi connectivity index (χ1) is 11.2. The van der Waals surface area contributed by atoms with E-state index < -0.39 is 0 Å². The number of benzene rings is 2. The van der Waals surface area contributed by atoms with Crippen LogP contribution in [0.25, 0.3) is 17.1 Å². The predicted molar refractivity (Wildman–Crippen MR) is 88.1 cm³/mol. The number of ether oxygens (including phenoxy) is 2. The third-order valence-corrected chi connectivity index (χ3v) is 3.40. The standard InChI is InChI=1S/C18H17FN2O2/c1-3-4-12-5-8-16(17(9-12)22-2)23-11-18-20-14-7-6-13(19)10-15(14)21-18/h3-10H,11H2,1-2H3,(H,20,21)/b4-3+. The fourth-order valence-electron chi connectivity index (χ4n) is 2.35. The molecular weight excluding hydrogens is 295 g/mol. The number of imidazole rings is 1. The maximum Gasteiger partial charge on any atom is 0.161 e. The third-order valence-electron chi connectivity index (χ3n) is 3.40. The highest BCUT2D eigenvalue weighted by Crippen LogP contribution is 2.29. The Labute approximate surface area is 133 Å². The van der Waals surface area contributed by atoms with Crippen LogP contribution >= 0.6 is 0 Å². The van der Waals surface area contributed by atoms with Crippen molar-refractivity contribution in [3.63, 3.8) is 0 Å². The Hall–Kier alpha value is -2.82. The zero-order chi connectivity index (χ0) is 16.2. The summed E-state index contributed by atoms with van der Waals surface area (Å²) in [6.07, 6.45) is 3.95. The number of methoxy groups -OCH3 is 1. The molecule has 0 aliphatic rings. The van der Waals surface area contributed by atoms with Crippen LogP contribution < -0.4 is 9.47 Å². The number of H-pyrrole nitrogens is 1. The van der Waals surface area contributed by atoms with Crippen LogP contribution in [0.15, 0.2) is 42.5 Å². The van der Waals surface area contributed by atoms with Crippen molar-refractivity contribution in [2.24, 2.45) is 0 Å². The summed E-state index contributed by atoms with van der Waals surface area (Å²) in [6, 6.07) is 10.2. The first-order valence-corrected chi connectivity index (χ1v) is 7.27. The molecule has 118 valence electrons. The van der Waals surface area contributed by atoms with Crippen molar-refractivity contribution in [1.82, 2.24) is 9.97 Å². The highest BCUT2D eigenvalue weighted by Gasteiger charge is 2.08. The number of hydrogen-bond donors (Lipinski definition) is 1. The average Bonchev–Trinajstić information content (AvgIpc) is 2.95. The van der Waals surface area contributed by atoms with Crippen molar-refractivity contribution in [3.05, 3.63) is 59.7 Å². The van der Waals surface area contributed by atoms with Crippen molar-refractivity contribution in [3.8, 4) is 11.5 Å². The number of hydrogen-bond acceptors (Lipinski definition) is 3. The molecule has 1 N–H and O–H groups in total. The van der Waals surface area contributed by atoms with Gasteiger partial charge in [0.15, 0.2) is 11.5 Å². The van der Waals surface area contributed by atoms with Crippen LogP contribution in [0.4, 0.5) is 4.39 Å². The zero-order valence-corrected chi connectivity index (χ0v) is 13.0. The van der Waals surface area contributed by atoms with Crippen molar-refractivity contribution in [2.45, 2.75) is 13.5 Å². The van der Waals surface area contributed by atoms with Gasteiger partial charge in [-0.2, -0.15) is 0 Å². The minimum absolute atomic E-state index is 0.246. The second-order valence-corrected chi connectivity index (χ2v) is 5.04. The van der Waals surface area contributed by atoms with Crippen LogP contribution in [0.1, 0.15) is 18.3 Å². The van der Waals surface area contributed by atoms with Gasteiger partial charge in [0.05, 0.1) is 18.1 Å². The van der Waals surface area contributed by atoms with Crippen LogP contribution in [0.3, 0.4) is 0 Å². The minimum atomic E-state index is -0.296. The van der Waals surface area contributed by atoms with Crippen LogP contribution in [0, 0.1) is 5.82 Å². The number of aromatic nitrogens is 2. The first-order valence-electron chi connectivity index (χ1n) is 7.27. The van der Waals surface area contributed by atoms with E-state index in [1.54, 1.807) is 13.2 Å². The third kappa shape index (κ3) is 3.34. The molecule has 0 unspecified atom stereocenters. The predicted octanol–water partition coefficient (Wildman–Crippen LogP) is 4.32. The van der Waals surface area contributed by atoms with Gasteiger partial charge in [0.2, 0.25) is 0 Å². The second kappa shape index (κ2) is 6.52. The van der Waals surface area contributed by atoms with Gasteiger partial charge in [-0.25, -0.2) is 9.37 Å². The van der Waals surface area contributed by atoms with Crippen molar-refractivity contribution in [2.75, 3.05) is 7.11 Å². The minimum Gasteiger partial charge on any atom is -0.493 e. The Morgan fingerprint density at radius 3 is 2.83 bits per heavy atom. The van der Waals surface area contributed by atoms with Crippen LogP contribution in [0.2, 0.25) is 0 Å². The Morgan fingerprint density at radius 1 is 1.17 bits per heavy atom. The normalized spacial score (nSPS) is 11.3. The molecule has 0 saturated carbocycles. The Balaban J connectivity index is 1.78. The van der Waals surface area contributed by atoms with E-state index in [0.29, 0.717) is 28.4 Å². The summed E-state index contributed by atoms with van der Waals surface area (Å²) in [6.45, 7) is 2.21. The Kier molecular flexibility index (Phi) is 4.28. The maximum atomic E-state index is 13.2. The quantitative estimate of drug-likeness (QED) is 0.763. The number of aromatic amines is 1. The second-order valence-electron chi connectivity index (χ2n) is 5.04. The van der Waals surface area contributed by atoms with Gasteiger partial charge in [-0.05, 0) is 42.8 Å². The Bertz CT molecular complexity index is 855. The molecule has 3 rings (SSSR count). The van der Waals surface area contributed by atoms with Crippen molar-refractivity contribution in [1.29, 1.82) is 0 Å². The largest absolute Gasteiger partial charge is 0.493 e. The molecule has 0 aliphatic heterocycles. The highest BCUT2D eigenvalue weighted by atomic mass is 19.1. The lowest BCUT2D eigenvalue weighted by Gasteiger charge is -2.10. The highest BCUT2D eigenvalue weighted by molar-refractivity contribution is 5.74. The fraction of sp³-hybridized carbons (Fsp3) is 0.167. The van der Waals surface area contributed by atoms with Crippen LogP contribution in [-0.4, -0.2) is 17.1 Å². The van der Waals surface area contributed by atoms with Crippen molar-refractivity contribution < 1.29 is 13.9 Å². The lowest BCUT2D eigenvalue weighted by atomic mass is 10.2. The molecule has 0 radical (unpaired) electrons. The fourth-order valence-corrected chi connectivity index (χ4v) is 2.35. The smallest absolute Gasteiger partial charge is 0.161 e.